The zero-order valence-corrected chi connectivity index (χ0v) is 27.4. The Hall–Kier alpha value is -3.47. The van der Waals surface area contributed by atoms with Crippen molar-refractivity contribution in [2.45, 2.75) is 57.1 Å². The molecule has 0 bridgehead atoms. The van der Waals surface area contributed by atoms with Crippen molar-refractivity contribution in [3.8, 4) is 11.5 Å². The van der Waals surface area contributed by atoms with E-state index in [1.165, 1.54) is 43.4 Å². The lowest BCUT2D eigenvalue weighted by Crippen LogP contribution is -2.55. The van der Waals surface area contributed by atoms with Gasteiger partial charge in [0.05, 0.1) is 34.8 Å². The maximum atomic E-state index is 14.2. The van der Waals surface area contributed by atoms with Crippen molar-refractivity contribution < 1.29 is 27.5 Å². The first-order valence-electron chi connectivity index (χ1n) is 13.6. The molecule has 0 heterocycles. The van der Waals surface area contributed by atoms with Gasteiger partial charge in [-0.3, -0.25) is 13.9 Å². The first-order valence-corrected chi connectivity index (χ1v) is 15.8. The third-order valence-electron chi connectivity index (χ3n) is 6.49. The van der Waals surface area contributed by atoms with Crippen LogP contribution in [0.4, 0.5) is 5.69 Å². The first kappa shape index (κ1) is 34.0. The second kappa shape index (κ2) is 14.3. The molecule has 0 unspecified atom stereocenters. The molecule has 0 saturated heterocycles. The van der Waals surface area contributed by atoms with Gasteiger partial charge in [0.2, 0.25) is 11.8 Å². The average molecular weight is 651 g/mol. The molecule has 3 rings (SSSR count). The van der Waals surface area contributed by atoms with Gasteiger partial charge in [-0.15, -0.1) is 0 Å². The molecule has 9 nitrogen and oxygen atoms in total. The highest BCUT2D eigenvalue weighted by molar-refractivity contribution is 7.92. The van der Waals surface area contributed by atoms with E-state index in [0.717, 1.165) is 4.31 Å². The Labute approximate surface area is 263 Å². The maximum absolute atomic E-state index is 14.2. The summed E-state index contributed by atoms with van der Waals surface area (Å²) in [6.45, 7) is 6.69. The third kappa shape index (κ3) is 8.55. The number of halogens is 2. The summed E-state index contributed by atoms with van der Waals surface area (Å²) >= 11 is 12.4. The number of sulfonamides is 1. The van der Waals surface area contributed by atoms with Gasteiger partial charge >= 0.3 is 0 Å². The van der Waals surface area contributed by atoms with Gasteiger partial charge in [0.25, 0.3) is 10.0 Å². The number of nitrogens with one attached hydrogen (secondary N) is 1. The zero-order valence-electron chi connectivity index (χ0n) is 25.1. The molecule has 43 heavy (non-hydrogen) atoms. The van der Waals surface area contributed by atoms with Crippen LogP contribution in [-0.2, 0) is 26.2 Å². The molecule has 0 aliphatic rings. The van der Waals surface area contributed by atoms with Crippen LogP contribution in [0, 0.1) is 0 Å². The molecule has 0 radical (unpaired) electrons. The van der Waals surface area contributed by atoms with E-state index >= 15 is 0 Å². The average Bonchev–Trinajstić information content (AvgIpc) is 2.96. The van der Waals surface area contributed by atoms with Crippen molar-refractivity contribution in [1.82, 2.24) is 10.2 Å². The Morgan fingerprint density at radius 3 is 2.12 bits per heavy atom. The predicted molar refractivity (Wildman–Crippen MR) is 170 cm³/mol. The normalized spacial score (nSPS) is 12.3. The Morgan fingerprint density at radius 1 is 0.907 bits per heavy atom. The van der Waals surface area contributed by atoms with Crippen LogP contribution < -0.4 is 19.1 Å². The molecule has 232 valence electrons. The topological polar surface area (TPSA) is 105 Å². The van der Waals surface area contributed by atoms with Gasteiger partial charge in [-0.25, -0.2) is 8.42 Å². The van der Waals surface area contributed by atoms with Crippen LogP contribution >= 0.6 is 23.2 Å². The first-order chi connectivity index (χ1) is 20.2. The molecule has 0 aromatic heterocycles. The van der Waals surface area contributed by atoms with Gasteiger partial charge in [0.1, 0.15) is 12.6 Å². The SMILES string of the molecule is CC[C@@H](C(=O)NC(C)(C)C)N(Cc1ccc(Cl)c(Cl)c1)C(=O)CN(c1ccc(OC)c(OC)c1)S(=O)(=O)c1ccccc1. The van der Waals surface area contributed by atoms with Gasteiger partial charge < -0.3 is 19.7 Å². The van der Waals surface area contributed by atoms with E-state index in [4.69, 9.17) is 32.7 Å². The molecule has 2 amide bonds. The summed E-state index contributed by atoms with van der Waals surface area (Å²) in [6.07, 6.45) is 0.275. The molecule has 12 heteroatoms. The van der Waals surface area contributed by atoms with E-state index in [1.807, 2.05) is 20.8 Å². The fourth-order valence-electron chi connectivity index (χ4n) is 4.44. The molecule has 3 aromatic rings. The Kier molecular flexibility index (Phi) is 11.3. The number of hydrogen-bond donors (Lipinski definition) is 1. The number of hydrogen-bond acceptors (Lipinski definition) is 6. The van der Waals surface area contributed by atoms with Gasteiger partial charge in [-0.2, -0.15) is 0 Å². The molecule has 0 aliphatic heterocycles. The van der Waals surface area contributed by atoms with E-state index < -0.39 is 34.1 Å². The van der Waals surface area contributed by atoms with Gasteiger partial charge in [-0.05, 0) is 69.2 Å². The van der Waals surface area contributed by atoms with Gasteiger partial charge in [0.15, 0.2) is 11.5 Å². The van der Waals surface area contributed by atoms with Crippen molar-refractivity contribution in [2.75, 3.05) is 25.1 Å². The van der Waals surface area contributed by atoms with Crippen LogP contribution in [0.15, 0.2) is 71.6 Å². The van der Waals surface area contributed by atoms with Crippen LogP contribution in [-0.4, -0.2) is 57.5 Å². The second-order valence-corrected chi connectivity index (χ2v) is 13.5. The highest BCUT2D eigenvalue weighted by atomic mass is 35.5. The molecule has 0 saturated carbocycles. The van der Waals surface area contributed by atoms with Crippen molar-refractivity contribution in [3.05, 3.63) is 82.3 Å². The van der Waals surface area contributed by atoms with Gasteiger partial charge in [-0.1, -0.05) is 54.4 Å². The molecule has 0 aliphatic carbocycles. The highest BCUT2D eigenvalue weighted by Crippen LogP contribution is 2.34. The summed E-state index contributed by atoms with van der Waals surface area (Å²) < 4.78 is 39.8. The summed E-state index contributed by atoms with van der Waals surface area (Å²) in [5, 5.41) is 3.57. The highest BCUT2D eigenvalue weighted by Gasteiger charge is 2.35. The number of benzene rings is 3. The smallest absolute Gasteiger partial charge is 0.264 e. The number of carbonyl (C=O) groups is 2. The van der Waals surface area contributed by atoms with Gasteiger partial charge in [0, 0.05) is 18.2 Å². The second-order valence-electron chi connectivity index (χ2n) is 10.8. The summed E-state index contributed by atoms with van der Waals surface area (Å²) in [5.41, 5.74) is 0.232. The number of carbonyl (C=O) groups excluding carboxylic acids is 2. The summed E-state index contributed by atoms with van der Waals surface area (Å²) in [4.78, 5) is 29.1. The number of nitrogens with zero attached hydrogens (tertiary/aromatic N) is 2. The van der Waals surface area contributed by atoms with Crippen LogP contribution in [0.1, 0.15) is 39.7 Å². The maximum Gasteiger partial charge on any atom is 0.264 e. The molecule has 0 fully saturated rings. The summed E-state index contributed by atoms with van der Waals surface area (Å²) in [5.74, 6) is -0.298. The summed E-state index contributed by atoms with van der Waals surface area (Å²) in [7, 11) is -1.35. The van der Waals surface area contributed by atoms with Crippen LogP contribution in [0.3, 0.4) is 0 Å². The van der Waals surface area contributed by atoms with Crippen LogP contribution in [0.5, 0.6) is 11.5 Å². The van der Waals surface area contributed by atoms with E-state index in [2.05, 4.69) is 5.32 Å². The number of amides is 2. The molecular formula is C31H37Cl2N3O6S. The third-order valence-corrected chi connectivity index (χ3v) is 9.01. The predicted octanol–water partition coefficient (Wildman–Crippen LogP) is 5.93. The Balaban J connectivity index is 2.13. The molecular weight excluding hydrogens is 613 g/mol. The van der Waals surface area contributed by atoms with E-state index in [0.29, 0.717) is 16.3 Å². The van der Waals surface area contributed by atoms with E-state index in [-0.39, 0.29) is 40.2 Å². The summed E-state index contributed by atoms with van der Waals surface area (Å²) in [6, 6.07) is 16.4. The molecule has 3 aromatic carbocycles. The lowest BCUT2D eigenvalue weighted by Gasteiger charge is -2.35. The quantitative estimate of drug-likeness (QED) is 0.261. The molecule has 0 spiro atoms. The number of methoxy groups -OCH3 is 2. The van der Waals surface area contributed by atoms with Crippen molar-refractivity contribution >= 4 is 50.7 Å². The lowest BCUT2D eigenvalue weighted by atomic mass is 10.1. The standard InChI is InChI=1S/C31H37Cl2N3O6S/c1-7-26(30(38)34-31(2,3)4)35(19-21-13-15-24(32)25(33)17-21)29(37)20-36(43(39,40)23-11-9-8-10-12-23)22-14-16-27(41-5)28(18-22)42-6/h8-18,26H,7,19-20H2,1-6H3,(H,34,38)/t26-/m0/s1. The minimum Gasteiger partial charge on any atom is -0.493 e. The van der Waals surface area contributed by atoms with E-state index in [1.54, 1.807) is 49.4 Å². The Morgan fingerprint density at radius 2 is 1.56 bits per heavy atom. The largest absolute Gasteiger partial charge is 0.493 e. The fourth-order valence-corrected chi connectivity index (χ4v) is 6.18. The monoisotopic (exact) mass is 649 g/mol. The van der Waals surface area contributed by atoms with Crippen molar-refractivity contribution in [1.29, 1.82) is 0 Å². The van der Waals surface area contributed by atoms with Crippen LogP contribution in [0.25, 0.3) is 0 Å². The van der Waals surface area contributed by atoms with Crippen molar-refractivity contribution in [2.24, 2.45) is 0 Å². The van der Waals surface area contributed by atoms with E-state index in [9.17, 15) is 18.0 Å². The molecule has 1 N–H and O–H groups in total. The zero-order chi connectivity index (χ0) is 31.9. The van der Waals surface area contributed by atoms with Crippen molar-refractivity contribution in [3.63, 3.8) is 0 Å². The lowest BCUT2D eigenvalue weighted by molar-refractivity contribution is -0.141. The number of anilines is 1. The van der Waals surface area contributed by atoms with Crippen LogP contribution in [0.2, 0.25) is 10.0 Å². The Bertz CT molecular complexity index is 1540. The molecule has 1 atom stereocenters. The minimum absolute atomic E-state index is 0.00821. The minimum atomic E-state index is -4.24. The fraction of sp³-hybridized carbons (Fsp3) is 0.355. The number of ether oxygens (including phenoxy) is 2. The number of rotatable bonds is 12.